The standard InChI is InChI=1S/C16H17NO4/c18-15-9-8-14(21-15)13-7-4-10-17(13)16(19)20-11-12-5-2-1-3-6-12/h1-3,5-6,8-9,13-14H,4,7,10-11H2/t13-,14-/m1/s1. The Bertz CT molecular complexity index is 555. The van der Waals surface area contributed by atoms with Crippen LogP contribution in [0.3, 0.4) is 0 Å². The lowest BCUT2D eigenvalue weighted by molar-refractivity contribution is -0.140. The van der Waals surface area contributed by atoms with Crippen LogP contribution in [-0.2, 0) is 20.9 Å². The molecule has 0 spiro atoms. The van der Waals surface area contributed by atoms with E-state index in [9.17, 15) is 9.59 Å². The summed E-state index contributed by atoms with van der Waals surface area (Å²) in [5.74, 6) is -0.343. The number of amides is 1. The number of ether oxygens (including phenoxy) is 2. The summed E-state index contributed by atoms with van der Waals surface area (Å²) in [6, 6.07) is 9.44. The molecule has 1 saturated heterocycles. The van der Waals surface area contributed by atoms with Crippen molar-refractivity contribution in [3.05, 3.63) is 48.0 Å². The minimum Gasteiger partial charge on any atom is -0.453 e. The smallest absolute Gasteiger partial charge is 0.410 e. The first-order chi connectivity index (χ1) is 10.2. The highest BCUT2D eigenvalue weighted by Crippen LogP contribution is 2.26. The van der Waals surface area contributed by atoms with Crippen LogP contribution in [0.15, 0.2) is 42.5 Å². The molecule has 21 heavy (non-hydrogen) atoms. The van der Waals surface area contributed by atoms with Crippen LogP contribution in [0.25, 0.3) is 0 Å². The Labute approximate surface area is 123 Å². The molecule has 0 bridgehead atoms. The van der Waals surface area contributed by atoms with Crippen LogP contribution >= 0.6 is 0 Å². The summed E-state index contributed by atoms with van der Waals surface area (Å²) in [5, 5.41) is 0. The van der Waals surface area contributed by atoms with Gasteiger partial charge in [-0.2, -0.15) is 0 Å². The minimum atomic E-state index is -0.349. The van der Waals surface area contributed by atoms with Gasteiger partial charge in [-0.05, 0) is 24.5 Å². The molecule has 0 aliphatic carbocycles. The molecule has 0 saturated carbocycles. The predicted molar refractivity (Wildman–Crippen MR) is 75.4 cm³/mol. The van der Waals surface area contributed by atoms with Crippen LogP contribution in [0, 0.1) is 0 Å². The molecule has 0 aromatic heterocycles. The number of carbonyl (C=O) groups excluding carboxylic acids is 2. The average molecular weight is 287 g/mol. The number of likely N-dealkylation sites (tertiary alicyclic amines) is 1. The van der Waals surface area contributed by atoms with Crippen molar-refractivity contribution in [2.24, 2.45) is 0 Å². The molecule has 5 nitrogen and oxygen atoms in total. The summed E-state index contributed by atoms with van der Waals surface area (Å²) in [6.07, 6.45) is 4.16. The van der Waals surface area contributed by atoms with E-state index < -0.39 is 0 Å². The number of benzene rings is 1. The monoisotopic (exact) mass is 287 g/mol. The van der Waals surface area contributed by atoms with E-state index in [0.29, 0.717) is 6.54 Å². The second-order valence-electron chi connectivity index (χ2n) is 5.20. The number of carbonyl (C=O) groups is 2. The molecule has 0 radical (unpaired) electrons. The Balaban J connectivity index is 1.58. The second-order valence-corrected chi connectivity index (χ2v) is 5.20. The summed E-state index contributed by atoms with van der Waals surface area (Å²) >= 11 is 0. The van der Waals surface area contributed by atoms with Gasteiger partial charge in [-0.25, -0.2) is 9.59 Å². The summed E-state index contributed by atoms with van der Waals surface area (Å²) in [4.78, 5) is 25.0. The number of rotatable bonds is 3. The molecule has 3 rings (SSSR count). The summed E-state index contributed by atoms with van der Waals surface area (Å²) in [6.45, 7) is 0.892. The minimum absolute atomic E-state index is 0.115. The van der Waals surface area contributed by atoms with Crippen LogP contribution < -0.4 is 0 Å². The number of hydrogen-bond donors (Lipinski definition) is 0. The molecule has 0 unspecified atom stereocenters. The van der Waals surface area contributed by atoms with E-state index in [-0.39, 0.29) is 30.8 Å². The zero-order chi connectivity index (χ0) is 14.7. The number of esters is 1. The van der Waals surface area contributed by atoms with Gasteiger partial charge in [-0.3, -0.25) is 0 Å². The lowest BCUT2D eigenvalue weighted by Crippen LogP contribution is -2.42. The van der Waals surface area contributed by atoms with E-state index in [1.54, 1.807) is 11.0 Å². The maximum atomic E-state index is 12.2. The van der Waals surface area contributed by atoms with E-state index in [0.717, 1.165) is 18.4 Å². The van der Waals surface area contributed by atoms with Crippen LogP contribution in [0.4, 0.5) is 4.79 Å². The van der Waals surface area contributed by atoms with Gasteiger partial charge in [-0.1, -0.05) is 30.3 Å². The molecule has 0 N–H and O–H groups in total. The van der Waals surface area contributed by atoms with Crippen molar-refractivity contribution in [2.45, 2.75) is 31.6 Å². The first-order valence-corrected chi connectivity index (χ1v) is 7.10. The molecular weight excluding hydrogens is 270 g/mol. The molecule has 1 aromatic carbocycles. The van der Waals surface area contributed by atoms with Crippen molar-refractivity contribution in [1.82, 2.24) is 4.90 Å². The van der Waals surface area contributed by atoms with Gasteiger partial charge in [-0.15, -0.1) is 0 Å². The van der Waals surface area contributed by atoms with E-state index in [4.69, 9.17) is 9.47 Å². The van der Waals surface area contributed by atoms with Crippen LogP contribution in [0.2, 0.25) is 0 Å². The number of nitrogens with zero attached hydrogens (tertiary/aromatic N) is 1. The molecule has 110 valence electrons. The molecule has 2 heterocycles. The van der Waals surface area contributed by atoms with E-state index in [2.05, 4.69) is 0 Å². The highest BCUT2D eigenvalue weighted by Gasteiger charge is 2.38. The Hall–Kier alpha value is -2.30. The lowest BCUT2D eigenvalue weighted by Gasteiger charge is -2.27. The van der Waals surface area contributed by atoms with Crippen molar-refractivity contribution in [2.75, 3.05) is 6.54 Å². The van der Waals surface area contributed by atoms with Gasteiger partial charge in [0.25, 0.3) is 0 Å². The van der Waals surface area contributed by atoms with Gasteiger partial charge < -0.3 is 14.4 Å². The predicted octanol–water partition coefficient (Wildman–Crippen LogP) is 2.27. The fourth-order valence-electron chi connectivity index (χ4n) is 2.76. The quantitative estimate of drug-likeness (QED) is 0.800. The molecule has 2 atom stereocenters. The molecule has 5 heteroatoms. The molecule has 2 aliphatic heterocycles. The molecular formula is C16H17NO4. The average Bonchev–Trinajstić information content (AvgIpc) is 3.14. The van der Waals surface area contributed by atoms with Crippen molar-refractivity contribution < 1.29 is 19.1 Å². The highest BCUT2D eigenvalue weighted by atomic mass is 16.6. The zero-order valence-corrected chi connectivity index (χ0v) is 11.6. The number of cyclic esters (lactones) is 1. The summed E-state index contributed by atoms with van der Waals surface area (Å²) in [7, 11) is 0. The Morgan fingerprint density at radius 1 is 1.33 bits per heavy atom. The third-order valence-corrected chi connectivity index (χ3v) is 3.79. The van der Waals surface area contributed by atoms with Gasteiger partial charge in [0.05, 0.1) is 6.04 Å². The van der Waals surface area contributed by atoms with Crippen LogP contribution in [0.1, 0.15) is 18.4 Å². The SMILES string of the molecule is O=C1C=C[C@H]([C@H]2CCCN2C(=O)OCc2ccccc2)O1. The third kappa shape index (κ3) is 3.07. The van der Waals surface area contributed by atoms with Gasteiger partial charge in [0.2, 0.25) is 0 Å². The van der Waals surface area contributed by atoms with Crippen LogP contribution in [0.5, 0.6) is 0 Å². The Morgan fingerprint density at radius 2 is 2.14 bits per heavy atom. The first-order valence-electron chi connectivity index (χ1n) is 7.10. The third-order valence-electron chi connectivity index (χ3n) is 3.79. The summed E-state index contributed by atoms with van der Waals surface area (Å²) in [5.41, 5.74) is 0.953. The molecule has 1 aromatic rings. The largest absolute Gasteiger partial charge is 0.453 e. The summed E-state index contributed by atoms with van der Waals surface area (Å²) < 4.78 is 10.5. The lowest BCUT2D eigenvalue weighted by atomic mass is 10.1. The van der Waals surface area contributed by atoms with Crippen molar-refractivity contribution in [1.29, 1.82) is 0 Å². The fourth-order valence-corrected chi connectivity index (χ4v) is 2.76. The van der Waals surface area contributed by atoms with Gasteiger partial charge in [0.1, 0.15) is 12.7 Å². The van der Waals surface area contributed by atoms with Gasteiger partial charge >= 0.3 is 12.1 Å². The van der Waals surface area contributed by atoms with E-state index in [1.807, 2.05) is 30.3 Å². The Morgan fingerprint density at radius 3 is 2.86 bits per heavy atom. The zero-order valence-electron chi connectivity index (χ0n) is 11.6. The van der Waals surface area contributed by atoms with Gasteiger partial charge in [0.15, 0.2) is 0 Å². The van der Waals surface area contributed by atoms with E-state index >= 15 is 0 Å². The first kappa shape index (κ1) is 13.7. The van der Waals surface area contributed by atoms with Crippen LogP contribution in [-0.4, -0.2) is 35.7 Å². The molecule has 2 aliphatic rings. The normalized spacial score (nSPS) is 24.2. The fraction of sp³-hybridized carbons (Fsp3) is 0.375. The number of hydrogen-bond acceptors (Lipinski definition) is 4. The highest BCUT2D eigenvalue weighted by molar-refractivity contribution is 5.84. The van der Waals surface area contributed by atoms with E-state index in [1.165, 1.54) is 6.08 Å². The molecule has 1 fully saturated rings. The maximum Gasteiger partial charge on any atom is 0.410 e. The van der Waals surface area contributed by atoms with Gasteiger partial charge in [0, 0.05) is 12.6 Å². The Kier molecular flexibility index (Phi) is 3.90. The van der Waals surface area contributed by atoms with Crippen molar-refractivity contribution in [3.8, 4) is 0 Å². The van der Waals surface area contributed by atoms with Crippen molar-refractivity contribution >= 4 is 12.1 Å². The maximum absolute atomic E-state index is 12.2. The topological polar surface area (TPSA) is 55.8 Å². The molecule has 1 amide bonds. The van der Waals surface area contributed by atoms with Crippen molar-refractivity contribution in [3.63, 3.8) is 0 Å². The second kappa shape index (κ2) is 5.99.